The van der Waals surface area contributed by atoms with Crippen LogP contribution in [0.4, 0.5) is 0 Å². The van der Waals surface area contributed by atoms with E-state index in [9.17, 15) is 5.11 Å². The molecule has 1 aliphatic carbocycles. The average Bonchev–Trinajstić information content (AvgIpc) is 2.81. The van der Waals surface area contributed by atoms with Gasteiger partial charge in [-0.3, -0.25) is 0 Å². The lowest BCUT2D eigenvalue weighted by Gasteiger charge is -2.32. The normalized spacial score (nSPS) is 28.7. The number of nitrogens with zero attached hydrogens (tertiary/aromatic N) is 3. The fourth-order valence-electron chi connectivity index (χ4n) is 3.05. The van der Waals surface area contributed by atoms with Gasteiger partial charge in [0, 0.05) is 18.1 Å². The van der Waals surface area contributed by atoms with Crippen molar-refractivity contribution in [3.8, 4) is 5.88 Å². The van der Waals surface area contributed by atoms with Crippen molar-refractivity contribution in [2.24, 2.45) is 11.8 Å². The van der Waals surface area contributed by atoms with Gasteiger partial charge in [0.1, 0.15) is 0 Å². The van der Waals surface area contributed by atoms with E-state index in [-0.39, 0.29) is 5.88 Å². The summed E-state index contributed by atoms with van der Waals surface area (Å²) >= 11 is 0. The Balaban J connectivity index is 2.02. The summed E-state index contributed by atoms with van der Waals surface area (Å²) in [6.07, 6.45) is 5.38. The summed E-state index contributed by atoms with van der Waals surface area (Å²) in [5.41, 5.74) is 1.75. The lowest BCUT2D eigenvalue weighted by atomic mass is 9.74. The van der Waals surface area contributed by atoms with Crippen molar-refractivity contribution in [1.82, 2.24) is 14.6 Å². The zero-order valence-electron chi connectivity index (χ0n) is 10.9. The maximum absolute atomic E-state index is 9.98. The van der Waals surface area contributed by atoms with Crippen molar-refractivity contribution in [2.75, 3.05) is 0 Å². The van der Waals surface area contributed by atoms with Crippen LogP contribution in [0.2, 0.25) is 0 Å². The molecular weight excluding hydrogens is 226 g/mol. The number of fused-ring (bicyclic) bond motifs is 1. The van der Waals surface area contributed by atoms with E-state index in [1.54, 1.807) is 12.3 Å². The lowest BCUT2D eigenvalue weighted by molar-refractivity contribution is 0.260. The molecule has 18 heavy (non-hydrogen) atoms. The van der Waals surface area contributed by atoms with E-state index in [0.29, 0.717) is 11.8 Å². The van der Waals surface area contributed by atoms with Crippen molar-refractivity contribution in [1.29, 1.82) is 0 Å². The Kier molecular flexibility index (Phi) is 2.73. The Morgan fingerprint density at radius 1 is 1.33 bits per heavy atom. The Morgan fingerprint density at radius 2 is 2.17 bits per heavy atom. The van der Waals surface area contributed by atoms with Crippen molar-refractivity contribution in [3.05, 3.63) is 24.0 Å². The van der Waals surface area contributed by atoms with Crippen LogP contribution in [0, 0.1) is 11.8 Å². The first-order valence-corrected chi connectivity index (χ1v) is 6.69. The van der Waals surface area contributed by atoms with Crippen LogP contribution in [0.5, 0.6) is 5.88 Å². The van der Waals surface area contributed by atoms with Crippen LogP contribution in [-0.2, 0) is 0 Å². The van der Waals surface area contributed by atoms with Crippen molar-refractivity contribution in [2.45, 2.75) is 39.0 Å². The Morgan fingerprint density at radius 3 is 3.00 bits per heavy atom. The standard InChI is InChI=1S/C14H19N3O/c1-9-3-4-10(2)11(7-9)12-8-14(18)17-13(16-12)5-6-15-17/h5-6,8-11,18H,3-4,7H2,1-2H3. The van der Waals surface area contributed by atoms with Crippen LogP contribution in [0.3, 0.4) is 0 Å². The highest BCUT2D eigenvalue weighted by molar-refractivity contribution is 5.41. The molecule has 3 rings (SSSR count). The second-order valence-electron chi connectivity index (χ2n) is 5.64. The molecule has 0 bridgehead atoms. The summed E-state index contributed by atoms with van der Waals surface area (Å²) < 4.78 is 1.47. The molecule has 1 N–H and O–H groups in total. The van der Waals surface area contributed by atoms with Gasteiger partial charge in [-0.2, -0.15) is 9.61 Å². The summed E-state index contributed by atoms with van der Waals surface area (Å²) in [5.74, 6) is 2.03. The molecule has 2 heterocycles. The molecule has 0 saturated heterocycles. The first kappa shape index (κ1) is 11.5. The second-order valence-corrected chi connectivity index (χ2v) is 5.64. The molecule has 3 atom stereocenters. The summed E-state index contributed by atoms with van der Waals surface area (Å²) in [6.45, 7) is 4.59. The Bertz CT molecular complexity index is 563. The highest BCUT2D eigenvalue weighted by atomic mass is 16.3. The van der Waals surface area contributed by atoms with Crippen LogP contribution in [0.1, 0.15) is 44.7 Å². The van der Waals surface area contributed by atoms with Crippen LogP contribution < -0.4 is 0 Å². The molecule has 0 aromatic carbocycles. The molecule has 4 nitrogen and oxygen atoms in total. The molecule has 2 aromatic rings. The number of rotatable bonds is 1. The van der Waals surface area contributed by atoms with Gasteiger partial charge in [0.05, 0.1) is 11.9 Å². The van der Waals surface area contributed by atoms with E-state index >= 15 is 0 Å². The molecule has 1 fully saturated rings. The summed E-state index contributed by atoms with van der Waals surface area (Å²) in [6, 6.07) is 3.61. The third-order valence-electron chi connectivity index (χ3n) is 4.20. The van der Waals surface area contributed by atoms with E-state index in [0.717, 1.165) is 23.7 Å². The number of hydrogen-bond acceptors (Lipinski definition) is 3. The SMILES string of the molecule is CC1CCC(C)C(c2cc(O)n3nccc3n2)C1. The highest BCUT2D eigenvalue weighted by Crippen LogP contribution is 2.40. The minimum Gasteiger partial charge on any atom is -0.493 e. The highest BCUT2D eigenvalue weighted by Gasteiger charge is 2.28. The fraction of sp³-hybridized carbons (Fsp3) is 0.571. The maximum atomic E-state index is 9.98. The number of aromatic hydroxyl groups is 1. The summed E-state index contributed by atoms with van der Waals surface area (Å²) in [7, 11) is 0. The quantitative estimate of drug-likeness (QED) is 0.840. The van der Waals surface area contributed by atoms with E-state index in [4.69, 9.17) is 0 Å². The second kappa shape index (κ2) is 4.26. The average molecular weight is 245 g/mol. The smallest absolute Gasteiger partial charge is 0.215 e. The molecule has 4 heteroatoms. The topological polar surface area (TPSA) is 50.4 Å². The maximum Gasteiger partial charge on any atom is 0.215 e. The molecular formula is C14H19N3O. The van der Waals surface area contributed by atoms with Crippen LogP contribution in [0.15, 0.2) is 18.3 Å². The van der Waals surface area contributed by atoms with Gasteiger partial charge in [-0.25, -0.2) is 4.98 Å². The fourth-order valence-corrected chi connectivity index (χ4v) is 3.05. The van der Waals surface area contributed by atoms with Gasteiger partial charge in [0.15, 0.2) is 5.65 Å². The van der Waals surface area contributed by atoms with Crippen LogP contribution in [-0.4, -0.2) is 19.7 Å². The van der Waals surface area contributed by atoms with Crippen molar-refractivity contribution >= 4 is 5.65 Å². The van der Waals surface area contributed by atoms with E-state index in [2.05, 4.69) is 23.9 Å². The van der Waals surface area contributed by atoms with Crippen LogP contribution in [0.25, 0.3) is 5.65 Å². The minimum atomic E-state index is 0.186. The summed E-state index contributed by atoms with van der Waals surface area (Å²) in [4.78, 5) is 4.65. The third kappa shape index (κ3) is 1.85. The molecule has 0 radical (unpaired) electrons. The number of aromatic nitrogens is 3. The first-order chi connectivity index (χ1) is 8.65. The monoisotopic (exact) mass is 245 g/mol. The predicted molar refractivity (Wildman–Crippen MR) is 69.6 cm³/mol. The van der Waals surface area contributed by atoms with Crippen LogP contribution >= 0.6 is 0 Å². The third-order valence-corrected chi connectivity index (χ3v) is 4.20. The van der Waals surface area contributed by atoms with E-state index in [1.165, 1.54) is 17.4 Å². The summed E-state index contributed by atoms with van der Waals surface area (Å²) in [5, 5.41) is 14.0. The Labute approximate surface area is 107 Å². The Hall–Kier alpha value is -1.58. The molecule has 2 aromatic heterocycles. The first-order valence-electron chi connectivity index (χ1n) is 6.69. The molecule has 3 unspecified atom stereocenters. The van der Waals surface area contributed by atoms with Gasteiger partial charge in [-0.05, 0) is 24.7 Å². The molecule has 0 spiro atoms. The molecule has 0 amide bonds. The lowest BCUT2D eigenvalue weighted by Crippen LogP contribution is -2.21. The van der Waals surface area contributed by atoms with Crippen molar-refractivity contribution in [3.63, 3.8) is 0 Å². The molecule has 1 aliphatic rings. The molecule has 0 aliphatic heterocycles. The van der Waals surface area contributed by atoms with Crippen molar-refractivity contribution < 1.29 is 5.11 Å². The largest absolute Gasteiger partial charge is 0.493 e. The zero-order chi connectivity index (χ0) is 12.7. The zero-order valence-corrected chi connectivity index (χ0v) is 10.9. The molecule has 96 valence electrons. The van der Waals surface area contributed by atoms with Gasteiger partial charge >= 0.3 is 0 Å². The van der Waals surface area contributed by atoms with E-state index < -0.39 is 0 Å². The van der Waals surface area contributed by atoms with E-state index in [1.807, 2.05) is 6.07 Å². The van der Waals surface area contributed by atoms with Gasteiger partial charge in [0.25, 0.3) is 0 Å². The van der Waals surface area contributed by atoms with Gasteiger partial charge in [-0.15, -0.1) is 0 Å². The number of hydrogen-bond donors (Lipinski definition) is 1. The predicted octanol–water partition coefficient (Wildman–Crippen LogP) is 2.97. The minimum absolute atomic E-state index is 0.186. The molecule has 1 saturated carbocycles. The van der Waals surface area contributed by atoms with Gasteiger partial charge in [0.2, 0.25) is 5.88 Å². The van der Waals surface area contributed by atoms with Gasteiger partial charge in [-0.1, -0.05) is 20.3 Å². The van der Waals surface area contributed by atoms with Gasteiger partial charge < -0.3 is 5.11 Å².